The molecule has 8 nitrogen and oxygen atoms in total. The van der Waals surface area contributed by atoms with E-state index in [4.69, 9.17) is 44.7 Å². The van der Waals surface area contributed by atoms with Gasteiger partial charge < -0.3 is 31.0 Å². The number of hydrogen-bond donors (Lipinski definition) is 4. The molecule has 4 rings (SSSR count). The quantitative estimate of drug-likeness (QED) is 0.245. The van der Waals surface area contributed by atoms with E-state index in [0.29, 0.717) is 38.5 Å². The highest BCUT2D eigenvalue weighted by Gasteiger charge is 2.33. The average Bonchev–Trinajstić information content (AvgIpc) is 3.75. The molecule has 2 saturated carbocycles. The summed E-state index contributed by atoms with van der Waals surface area (Å²) in [4.78, 5) is 22.8. The van der Waals surface area contributed by atoms with Gasteiger partial charge in [-0.25, -0.2) is 9.59 Å². The number of rotatable bonds is 4. The van der Waals surface area contributed by atoms with Crippen molar-refractivity contribution in [3.05, 3.63) is 55.6 Å². The van der Waals surface area contributed by atoms with Crippen molar-refractivity contribution < 1.29 is 29.1 Å². The highest BCUT2D eigenvalue weighted by Crippen LogP contribution is 2.46. The Bertz CT molecular complexity index is 1130. The summed E-state index contributed by atoms with van der Waals surface area (Å²) < 4.78 is 9.28. The highest BCUT2D eigenvalue weighted by atomic mass is 35.5. The fraction of sp³-hybridized carbons (Fsp3) is 0.440. The van der Waals surface area contributed by atoms with Crippen molar-refractivity contribution in [3.8, 4) is 0 Å². The van der Waals surface area contributed by atoms with E-state index in [1.165, 1.54) is 20.3 Å². The first kappa shape index (κ1) is 29.8. The van der Waals surface area contributed by atoms with Crippen LogP contribution in [0.2, 0.25) is 15.9 Å². The number of nitrogen functional groups attached to an aromatic ring is 2. The van der Waals surface area contributed by atoms with E-state index in [1.54, 1.807) is 6.07 Å². The van der Waals surface area contributed by atoms with Crippen LogP contribution < -0.4 is 11.5 Å². The number of hydrogen-bond acceptors (Lipinski definition) is 8. The molecule has 2 aromatic carbocycles. The minimum absolute atomic E-state index is 0.213. The molecule has 2 aliphatic carbocycles. The molecule has 0 aliphatic heterocycles. The molecule has 11 heteroatoms. The molecule has 0 spiro atoms. The van der Waals surface area contributed by atoms with Gasteiger partial charge in [0, 0.05) is 21.4 Å². The maximum atomic E-state index is 11.5. The van der Waals surface area contributed by atoms with Gasteiger partial charge in [-0.2, -0.15) is 0 Å². The van der Waals surface area contributed by atoms with Crippen molar-refractivity contribution in [2.24, 2.45) is 0 Å². The summed E-state index contributed by atoms with van der Waals surface area (Å²) in [5, 5.41) is 17.6. The number of benzene rings is 2. The lowest BCUT2D eigenvalue weighted by atomic mass is 9.84. The van der Waals surface area contributed by atoms with E-state index >= 15 is 0 Å². The van der Waals surface area contributed by atoms with Crippen molar-refractivity contribution in [1.82, 2.24) is 0 Å². The summed E-state index contributed by atoms with van der Waals surface area (Å²) in [6.07, 6.45) is 4.23. The van der Waals surface area contributed by atoms with Crippen LogP contribution in [0.25, 0.3) is 0 Å². The maximum Gasteiger partial charge on any atom is 0.454 e. The van der Waals surface area contributed by atoms with E-state index in [9.17, 15) is 9.59 Å². The van der Waals surface area contributed by atoms with Gasteiger partial charge in [-0.1, -0.05) is 36.0 Å². The summed E-state index contributed by atoms with van der Waals surface area (Å²) in [6, 6.07) is 3.12. The van der Waals surface area contributed by atoms with Crippen LogP contribution in [0.3, 0.4) is 0 Å². The van der Waals surface area contributed by atoms with Gasteiger partial charge in [0.1, 0.15) is 0 Å². The lowest BCUT2D eigenvalue weighted by molar-refractivity contribution is 0.0593. The molecular formula is C25H33BCl2N2O6. The SMILES string of the molecule is COC(=O)c1cc(Cl)c(C)c(C)c1N.COC(=O)c1cc(Cl)c(C)c(C2CC2)c1N.OB(O)C1CC1. The average molecular weight is 539 g/mol. The summed E-state index contributed by atoms with van der Waals surface area (Å²) in [5.74, 6) is -0.221. The van der Waals surface area contributed by atoms with E-state index in [0.717, 1.165) is 47.9 Å². The lowest BCUT2D eigenvalue weighted by Gasteiger charge is -2.13. The van der Waals surface area contributed by atoms with Crippen LogP contribution in [0.1, 0.15) is 74.6 Å². The number of nitrogens with two attached hydrogens (primary N) is 2. The first-order chi connectivity index (χ1) is 16.8. The van der Waals surface area contributed by atoms with Gasteiger partial charge in [0.05, 0.1) is 25.3 Å². The van der Waals surface area contributed by atoms with Gasteiger partial charge in [0.2, 0.25) is 0 Å². The molecule has 196 valence electrons. The van der Waals surface area contributed by atoms with Gasteiger partial charge in [-0.3, -0.25) is 0 Å². The van der Waals surface area contributed by atoms with Crippen molar-refractivity contribution >= 4 is 53.6 Å². The Hall–Kier alpha value is -2.46. The molecule has 0 amide bonds. The topological polar surface area (TPSA) is 145 Å². The Balaban J connectivity index is 0.000000208. The van der Waals surface area contributed by atoms with Crippen LogP contribution in [-0.4, -0.2) is 43.3 Å². The normalized spacial score (nSPS) is 14.0. The Morgan fingerprint density at radius 2 is 1.28 bits per heavy atom. The monoisotopic (exact) mass is 538 g/mol. The summed E-state index contributed by atoms with van der Waals surface area (Å²) >= 11 is 12.0. The fourth-order valence-corrected chi connectivity index (χ4v) is 4.00. The Morgan fingerprint density at radius 3 is 1.64 bits per heavy atom. The molecule has 0 saturated heterocycles. The Labute approximate surface area is 222 Å². The fourth-order valence-electron chi connectivity index (χ4n) is 3.53. The van der Waals surface area contributed by atoms with Crippen LogP contribution in [-0.2, 0) is 9.47 Å². The summed E-state index contributed by atoms with van der Waals surface area (Å²) in [5.41, 5.74) is 17.1. The van der Waals surface area contributed by atoms with Crippen molar-refractivity contribution in [1.29, 1.82) is 0 Å². The van der Waals surface area contributed by atoms with E-state index in [2.05, 4.69) is 9.47 Å². The van der Waals surface area contributed by atoms with Crippen LogP contribution in [0, 0.1) is 20.8 Å². The molecule has 6 N–H and O–H groups in total. The van der Waals surface area contributed by atoms with Gasteiger partial charge in [0.25, 0.3) is 0 Å². The molecule has 0 bridgehead atoms. The first-order valence-corrected chi connectivity index (χ1v) is 12.3. The van der Waals surface area contributed by atoms with Crippen LogP contribution >= 0.6 is 23.2 Å². The minimum atomic E-state index is -1.04. The number of methoxy groups -OCH3 is 2. The van der Waals surface area contributed by atoms with Gasteiger partial charge in [0.15, 0.2) is 0 Å². The summed E-state index contributed by atoms with van der Waals surface area (Å²) in [6.45, 7) is 5.62. The third-order valence-corrected chi connectivity index (χ3v) is 7.12. The molecule has 2 fully saturated rings. The number of anilines is 2. The number of esters is 2. The molecule has 36 heavy (non-hydrogen) atoms. The molecule has 2 aromatic rings. The predicted octanol–water partition coefficient (Wildman–Crippen LogP) is 4.84. The Kier molecular flexibility index (Phi) is 10.5. The first-order valence-electron chi connectivity index (χ1n) is 11.5. The molecule has 2 aliphatic rings. The summed E-state index contributed by atoms with van der Waals surface area (Å²) in [7, 11) is 1.61. The number of ether oxygens (including phenoxy) is 2. The maximum absolute atomic E-state index is 11.5. The second kappa shape index (κ2) is 12.7. The third kappa shape index (κ3) is 7.29. The lowest BCUT2D eigenvalue weighted by Crippen LogP contribution is -2.09. The smallest absolute Gasteiger partial charge is 0.454 e. The highest BCUT2D eigenvalue weighted by molar-refractivity contribution is 6.44. The van der Waals surface area contributed by atoms with E-state index < -0.39 is 19.1 Å². The standard InChI is InChI=1S/C12H14ClNO2.C10H12ClNO2.C3H7BO2/c1-6-9(13)5-8(12(15)16-2)11(14)10(6)7-3-4-7;1-5-6(2)9(12)7(4-8(5)11)10(13)14-3;5-4(6)3-1-2-3/h5,7H,3-4,14H2,1-2H3;4H,12H2,1-3H3;3,5-6H,1-2H2. The van der Waals surface area contributed by atoms with Crippen molar-refractivity contribution in [2.75, 3.05) is 25.7 Å². The van der Waals surface area contributed by atoms with Gasteiger partial charge in [-0.05, 0) is 79.7 Å². The van der Waals surface area contributed by atoms with Gasteiger partial charge in [-0.15, -0.1) is 0 Å². The zero-order valence-corrected chi connectivity index (χ0v) is 22.7. The van der Waals surface area contributed by atoms with Gasteiger partial charge >= 0.3 is 19.1 Å². The second-order valence-corrected chi connectivity index (χ2v) is 9.75. The Morgan fingerprint density at radius 1 is 0.833 bits per heavy atom. The molecule has 0 unspecified atom stereocenters. The van der Waals surface area contributed by atoms with E-state index in [-0.39, 0.29) is 5.82 Å². The van der Waals surface area contributed by atoms with Crippen molar-refractivity contribution in [2.45, 2.75) is 58.2 Å². The number of carbonyl (C=O) groups excluding carboxylic acids is 2. The molecule has 0 aromatic heterocycles. The van der Waals surface area contributed by atoms with Crippen molar-refractivity contribution in [3.63, 3.8) is 0 Å². The van der Waals surface area contributed by atoms with Crippen LogP contribution in [0.4, 0.5) is 11.4 Å². The zero-order chi connectivity index (χ0) is 27.3. The number of carbonyl (C=O) groups is 2. The second-order valence-electron chi connectivity index (χ2n) is 8.94. The van der Waals surface area contributed by atoms with Crippen LogP contribution in [0.15, 0.2) is 12.1 Å². The third-order valence-electron chi connectivity index (χ3n) is 6.34. The molecule has 0 atom stereocenters. The zero-order valence-electron chi connectivity index (χ0n) is 21.2. The van der Waals surface area contributed by atoms with Crippen LogP contribution in [0.5, 0.6) is 0 Å². The number of halogens is 2. The molecule has 0 radical (unpaired) electrons. The largest absolute Gasteiger partial charge is 0.465 e. The minimum Gasteiger partial charge on any atom is -0.465 e. The van der Waals surface area contributed by atoms with E-state index in [1.807, 2.05) is 20.8 Å². The predicted molar refractivity (Wildman–Crippen MR) is 144 cm³/mol. The molecular weight excluding hydrogens is 506 g/mol. The molecule has 0 heterocycles.